The number of carbonyl (C=O) groups excluding carboxylic acids is 1. The van der Waals surface area contributed by atoms with Gasteiger partial charge < -0.3 is 9.73 Å². The van der Waals surface area contributed by atoms with Crippen molar-refractivity contribution in [3.05, 3.63) is 72.1 Å². The molecule has 0 saturated heterocycles. The molecule has 0 radical (unpaired) electrons. The molecule has 1 N–H and O–H groups in total. The molecule has 4 nitrogen and oxygen atoms in total. The van der Waals surface area contributed by atoms with E-state index in [0.717, 1.165) is 11.3 Å². The Morgan fingerprint density at radius 2 is 1.92 bits per heavy atom. The third-order valence-corrected chi connectivity index (χ3v) is 3.75. The van der Waals surface area contributed by atoms with Crippen LogP contribution >= 0.6 is 0 Å². The van der Waals surface area contributed by atoms with E-state index in [1.807, 2.05) is 48.5 Å². The summed E-state index contributed by atoms with van der Waals surface area (Å²) in [5, 5.41) is 2.91. The lowest BCUT2D eigenvalue weighted by atomic mass is 10.0. The first kappa shape index (κ1) is 16.0. The lowest BCUT2D eigenvalue weighted by molar-refractivity contribution is -0.115. The smallest absolute Gasteiger partial charge is 0.230 e. The molecule has 0 saturated carbocycles. The van der Waals surface area contributed by atoms with Gasteiger partial charge in [-0.25, -0.2) is 4.98 Å². The zero-order chi connectivity index (χ0) is 16.9. The van der Waals surface area contributed by atoms with Crippen molar-refractivity contribution in [3.8, 4) is 11.5 Å². The van der Waals surface area contributed by atoms with Crippen molar-refractivity contribution < 1.29 is 9.21 Å². The maximum Gasteiger partial charge on any atom is 0.230 e. The number of hydrogen-bond acceptors (Lipinski definition) is 3. The van der Waals surface area contributed by atoms with Crippen LogP contribution < -0.4 is 5.32 Å². The van der Waals surface area contributed by atoms with Gasteiger partial charge in [0.2, 0.25) is 11.8 Å². The van der Waals surface area contributed by atoms with Crippen LogP contribution in [-0.2, 0) is 11.2 Å². The molecule has 0 fully saturated rings. The predicted octanol–water partition coefficient (Wildman–Crippen LogP) is 4.65. The second-order valence-corrected chi connectivity index (χ2v) is 6.02. The van der Waals surface area contributed by atoms with E-state index in [9.17, 15) is 4.79 Å². The van der Waals surface area contributed by atoms with E-state index in [1.54, 1.807) is 0 Å². The van der Waals surface area contributed by atoms with Crippen LogP contribution in [0, 0.1) is 0 Å². The molecular weight excluding hydrogens is 300 g/mol. The van der Waals surface area contributed by atoms with Gasteiger partial charge in [-0.2, -0.15) is 0 Å². The van der Waals surface area contributed by atoms with Crippen molar-refractivity contribution in [1.82, 2.24) is 4.98 Å². The molecular formula is C20H20N2O2. The van der Waals surface area contributed by atoms with Crippen molar-refractivity contribution in [3.63, 3.8) is 0 Å². The standard InChI is InChI=1S/C20H20N2O2/c1-14(2)16-9-6-10-17(11-16)21-19(23)12-18-13-24-20(22-18)15-7-4-3-5-8-15/h3-11,13-14H,12H2,1-2H3,(H,21,23). The molecule has 24 heavy (non-hydrogen) atoms. The van der Waals surface area contributed by atoms with Gasteiger partial charge in [-0.1, -0.05) is 44.2 Å². The molecule has 1 aromatic heterocycles. The fourth-order valence-electron chi connectivity index (χ4n) is 2.45. The van der Waals surface area contributed by atoms with Crippen molar-refractivity contribution in [2.75, 3.05) is 5.32 Å². The van der Waals surface area contributed by atoms with Crippen LogP contribution in [0.15, 0.2) is 65.3 Å². The number of benzene rings is 2. The fourth-order valence-corrected chi connectivity index (χ4v) is 2.45. The van der Waals surface area contributed by atoms with Gasteiger partial charge in [0.05, 0.1) is 12.1 Å². The Morgan fingerprint density at radius 1 is 1.12 bits per heavy atom. The summed E-state index contributed by atoms with van der Waals surface area (Å²) >= 11 is 0. The van der Waals surface area contributed by atoms with E-state index < -0.39 is 0 Å². The molecule has 0 spiro atoms. The second-order valence-electron chi connectivity index (χ2n) is 6.02. The molecule has 122 valence electrons. The molecule has 0 atom stereocenters. The number of oxazole rings is 1. The van der Waals surface area contributed by atoms with Gasteiger partial charge in [-0.05, 0) is 35.7 Å². The molecule has 0 aliphatic rings. The minimum atomic E-state index is -0.108. The zero-order valence-corrected chi connectivity index (χ0v) is 13.8. The number of aromatic nitrogens is 1. The van der Waals surface area contributed by atoms with Crippen LogP contribution in [0.2, 0.25) is 0 Å². The van der Waals surface area contributed by atoms with Gasteiger partial charge >= 0.3 is 0 Å². The maximum absolute atomic E-state index is 12.2. The van der Waals surface area contributed by atoms with Crippen LogP contribution in [0.3, 0.4) is 0 Å². The first-order valence-corrected chi connectivity index (χ1v) is 8.01. The number of hydrogen-bond donors (Lipinski definition) is 1. The summed E-state index contributed by atoms with van der Waals surface area (Å²) in [5.74, 6) is 0.842. The minimum Gasteiger partial charge on any atom is -0.444 e. The molecule has 2 aromatic carbocycles. The Labute approximate surface area is 141 Å². The number of rotatable bonds is 5. The maximum atomic E-state index is 12.2. The Bertz CT molecular complexity index is 822. The van der Waals surface area contributed by atoms with Gasteiger partial charge in [0.15, 0.2) is 0 Å². The number of amides is 1. The zero-order valence-electron chi connectivity index (χ0n) is 13.8. The SMILES string of the molecule is CC(C)c1cccc(NC(=O)Cc2coc(-c3ccccc3)n2)c1. The van der Waals surface area contributed by atoms with E-state index in [-0.39, 0.29) is 12.3 Å². The number of carbonyl (C=O) groups is 1. The van der Waals surface area contributed by atoms with Crippen LogP contribution in [0.1, 0.15) is 31.0 Å². The van der Waals surface area contributed by atoms with Crippen LogP contribution in [0.5, 0.6) is 0 Å². The third kappa shape index (κ3) is 3.90. The topological polar surface area (TPSA) is 55.1 Å². The Hall–Kier alpha value is -2.88. The summed E-state index contributed by atoms with van der Waals surface area (Å²) < 4.78 is 5.46. The summed E-state index contributed by atoms with van der Waals surface area (Å²) in [4.78, 5) is 16.6. The molecule has 0 unspecified atom stereocenters. The highest BCUT2D eigenvalue weighted by molar-refractivity contribution is 5.92. The number of nitrogens with zero attached hydrogens (tertiary/aromatic N) is 1. The molecule has 0 bridgehead atoms. The molecule has 3 aromatic rings. The van der Waals surface area contributed by atoms with Gasteiger partial charge in [0.25, 0.3) is 0 Å². The molecule has 0 aliphatic heterocycles. The van der Waals surface area contributed by atoms with Crippen molar-refractivity contribution >= 4 is 11.6 Å². The quantitative estimate of drug-likeness (QED) is 0.744. The summed E-state index contributed by atoms with van der Waals surface area (Å²) in [5.41, 5.74) is 3.51. The Balaban J connectivity index is 1.65. The van der Waals surface area contributed by atoms with Crippen LogP contribution in [0.25, 0.3) is 11.5 Å². The normalized spacial score (nSPS) is 10.8. The Morgan fingerprint density at radius 3 is 2.67 bits per heavy atom. The van der Waals surface area contributed by atoms with E-state index in [2.05, 4.69) is 30.2 Å². The number of anilines is 1. The summed E-state index contributed by atoms with van der Waals surface area (Å²) in [6.07, 6.45) is 1.72. The van der Waals surface area contributed by atoms with E-state index in [1.165, 1.54) is 11.8 Å². The average molecular weight is 320 g/mol. The van der Waals surface area contributed by atoms with E-state index >= 15 is 0 Å². The highest BCUT2D eigenvalue weighted by atomic mass is 16.3. The Kier molecular flexibility index (Phi) is 4.75. The third-order valence-electron chi connectivity index (χ3n) is 3.75. The van der Waals surface area contributed by atoms with Gasteiger partial charge in [-0.3, -0.25) is 4.79 Å². The first-order valence-electron chi connectivity index (χ1n) is 8.01. The van der Waals surface area contributed by atoms with Gasteiger partial charge in [-0.15, -0.1) is 0 Å². The lowest BCUT2D eigenvalue weighted by Crippen LogP contribution is -2.14. The minimum absolute atomic E-state index is 0.108. The summed E-state index contributed by atoms with van der Waals surface area (Å²) in [6.45, 7) is 4.25. The molecule has 0 aliphatic carbocycles. The molecule has 4 heteroatoms. The van der Waals surface area contributed by atoms with Gasteiger partial charge in [0.1, 0.15) is 6.26 Å². The molecule has 1 amide bonds. The van der Waals surface area contributed by atoms with Crippen molar-refractivity contribution in [2.45, 2.75) is 26.2 Å². The second kappa shape index (κ2) is 7.13. The van der Waals surface area contributed by atoms with Crippen LogP contribution in [-0.4, -0.2) is 10.9 Å². The summed E-state index contributed by atoms with van der Waals surface area (Å²) in [6, 6.07) is 17.5. The highest BCUT2D eigenvalue weighted by Gasteiger charge is 2.11. The van der Waals surface area contributed by atoms with E-state index in [4.69, 9.17) is 4.42 Å². The van der Waals surface area contributed by atoms with Gasteiger partial charge in [0, 0.05) is 11.3 Å². The highest BCUT2D eigenvalue weighted by Crippen LogP contribution is 2.20. The molecule has 3 rings (SSSR count). The van der Waals surface area contributed by atoms with Crippen molar-refractivity contribution in [1.29, 1.82) is 0 Å². The average Bonchev–Trinajstić information content (AvgIpc) is 3.04. The molecule has 1 heterocycles. The summed E-state index contributed by atoms with van der Waals surface area (Å²) in [7, 11) is 0. The predicted molar refractivity (Wildman–Crippen MR) is 94.8 cm³/mol. The van der Waals surface area contributed by atoms with Crippen molar-refractivity contribution in [2.24, 2.45) is 0 Å². The largest absolute Gasteiger partial charge is 0.444 e. The van der Waals surface area contributed by atoms with E-state index in [0.29, 0.717) is 17.5 Å². The number of nitrogens with one attached hydrogen (secondary N) is 1. The monoisotopic (exact) mass is 320 g/mol. The van der Waals surface area contributed by atoms with Crippen LogP contribution in [0.4, 0.5) is 5.69 Å². The first-order chi connectivity index (χ1) is 11.6. The lowest BCUT2D eigenvalue weighted by Gasteiger charge is -2.09. The fraction of sp³-hybridized carbons (Fsp3) is 0.200.